The van der Waals surface area contributed by atoms with E-state index in [0.29, 0.717) is 12.4 Å². The van der Waals surface area contributed by atoms with E-state index in [9.17, 15) is 4.79 Å². The van der Waals surface area contributed by atoms with E-state index >= 15 is 0 Å². The zero-order valence-corrected chi connectivity index (χ0v) is 15.9. The molecule has 7 nitrogen and oxygen atoms in total. The van der Waals surface area contributed by atoms with E-state index in [1.54, 1.807) is 0 Å². The summed E-state index contributed by atoms with van der Waals surface area (Å²) in [7, 11) is 0. The second-order valence-corrected chi connectivity index (χ2v) is 7.47. The Balaban J connectivity index is 1.44. The molecule has 0 radical (unpaired) electrons. The highest BCUT2D eigenvalue weighted by Gasteiger charge is 2.29. The van der Waals surface area contributed by atoms with Gasteiger partial charge in [0, 0.05) is 30.1 Å². The average Bonchev–Trinajstić information content (AvgIpc) is 3.27. The van der Waals surface area contributed by atoms with Crippen LogP contribution in [0.2, 0.25) is 0 Å². The first-order chi connectivity index (χ1) is 13.0. The normalized spacial score (nSPS) is 17.6. The van der Waals surface area contributed by atoms with Gasteiger partial charge in [0.2, 0.25) is 5.89 Å². The molecule has 0 spiro atoms. The highest BCUT2D eigenvalue weighted by atomic mass is 16.5. The lowest BCUT2D eigenvalue weighted by atomic mass is 9.98. The van der Waals surface area contributed by atoms with Crippen molar-refractivity contribution in [2.45, 2.75) is 45.4 Å². The van der Waals surface area contributed by atoms with Crippen molar-refractivity contribution in [2.75, 3.05) is 18.4 Å². The maximum Gasteiger partial charge on any atom is 0.321 e. The quantitative estimate of drug-likeness (QED) is 0.727. The third-order valence-corrected chi connectivity index (χ3v) is 4.92. The predicted octanol–water partition coefficient (Wildman–Crippen LogP) is 4.66. The number of nitrogens with zero attached hydrogens (tertiary/aromatic N) is 3. The highest BCUT2D eigenvalue weighted by molar-refractivity contribution is 5.92. The van der Waals surface area contributed by atoms with Gasteiger partial charge in [-0.3, -0.25) is 0 Å². The summed E-state index contributed by atoms with van der Waals surface area (Å²) in [4.78, 5) is 19.0. The number of benzene rings is 1. The van der Waals surface area contributed by atoms with Crippen LogP contribution in [-0.2, 0) is 0 Å². The molecular weight excluding hydrogens is 344 g/mol. The lowest BCUT2D eigenvalue weighted by molar-refractivity contribution is 0.184. The molecule has 27 heavy (non-hydrogen) atoms. The van der Waals surface area contributed by atoms with Crippen molar-refractivity contribution in [1.29, 1.82) is 0 Å². The van der Waals surface area contributed by atoms with Gasteiger partial charge in [0.15, 0.2) is 5.82 Å². The molecule has 1 aromatic carbocycles. The molecule has 3 aromatic rings. The van der Waals surface area contributed by atoms with Crippen LogP contribution >= 0.6 is 0 Å². The van der Waals surface area contributed by atoms with Crippen LogP contribution in [0.4, 0.5) is 10.5 Å². The number of anilines is 1. The van der Waals surface area contributed by atoms with Gasteiger partial charge in [0.1, 0.15) is 11.3 Å². The van der Waals surface area contributed by atoms with Gasteiger partial charge in [-0.15, -0.1) is 0 Å². The van der Waals surface area contributed by atoms with Crippen molar-refractivity contribution in [3.05, 3.63) is 41.7 Å². The Morgan fingerprint density at radius 3 is 2.96 bits per heavy atom. The van der Waals surface area contributed by atoms with E-state index < -0.39 is 0 Å². The summed E-state index contributed by atoms with van der Waals surface area (Å²) >= 11 is 0. The average molecular weight is 368 g/mol. The zero-order chi connectivity index (χ0) is 19.0. The number of aromatic nitrogens is 2. The molecule has 0 saturated carbocycles. The molecular formula is C20H24N4O3. The number of carbonyl (C=O) groups excluding carboxylic acids is 1. The van der Waals surface area contributed by atoms with Crippen LogP contribution in [0.1, 0.15) is 56.0 Å². The van der Waals surface area contributed by atoms with Gasteiger partial charge in [-0.25, -0.2) is 4.79 Å². The molecule has 1 atom stereocenters. The van der Waals surface area contributed by atoms with Crippen LogP contribution in [0.5, 0.6) is 0 Å². The molecule has 0 unspecified atom stereocenters. The van der Waals surface area contributed by atoms with Crippen molar-refractivity contribution in [3.63, 3.8) is 0 Å². The number of piperidine rings is 1. The lowest BCUT2D eigenvalue weighted by Gasteiger charge is -2.31. The molecule has 0 bridgehead atoms. The van der Waals surface area contributed by atoms with Crippen LogP contribution in [0.3, 0.4) is 0 Å². The van der Waals surface area contributed by atoms with E-state index in [0.717, 1.165) is 47.6 Å². The van der Waals surface area contributed by atoms with Crippen molar-refractivity contribution >= 4 is 22.7 Å². The monoisotopic (exact) mass is 368 g/mol. The third-order valence-electron chi connectivity index (χ3n) is 4.92. The van der Waals surface area contributed by atoms with Crippen molar-refractivity contribution < 1.29 is 13.7 Å². The molecule has 1 N–H and O–H groups in total. The summed E-state index contributed by atoms with van der Waals surface area (Å²) in [6.07, 6.45) is 1.86. The van der Waals surface area contributed by atoms with E-state index in [-0.39, 0.29) is 17.9 Å². The number of hydrogen-bond donors (Lipinski definition) is 1. The molecule has 4 rings (SSSR count). The van der Waals surface area contributed by atoms with Crippen LogP contribution in [0.15, 0.2) is 33.2 Å². The molecule has 2 aromatic heterocycles. The number of hydrogen-bond acceptors (Lipinski definition) is 5. The Morgan fingerprint density at radius 1 is 1.33 bits per heavy atom. The summed E-state index contributed by atoms with van der Waals surface area (Å²) < 4.78 is 11.0. The molecule has 0 aliphatic carbocycles. The maximum atomic E-state index is 12.7. The Hall–Kier alpha value is -2.83. The van der Waals surface area contributed by atoms with Gasteiger partial charge in [-0.1, -0.05) is 19.0 Å². The van der Waals surface area contributed by atoms with Gasteiger partial charge in [0.25, 0.3) is 0 Å². The number of rotatable bonds is 3. The Labute approximate surface area is 157 Å². The van der Waals surface area contributed by atoms with Crippen LogP contribution in [-0.4, -0.2) is 34.2 Å². The number of aryl methyl sites for hydroxylation is 1. The first kappa shape index (κ1) is 17.6. The fourth-order valence-corrected chi connectivity index (χ4v) is 3.47. The summed E-state index contributed by atoms with van der Waals surface area (Å²) in [5.41, 5.74) is 1.58. The van der Waals surface area contributed by atoms with Crippen molar-refractivity contribution in [3.8, 4) is 0 Å². The smallest absolute Gasteiger partial charge is 0.321 e. The molecule has 1 fully saturated rings. The number of fused-ring (bicyclic) bond motifs is 1. The molecule has 7 heteroatoms. The van der Waals surface area contributed by atoms with Crippen molar-refractivity contribution in [2.24, 2.45) is 0 Å². The van der Waals surface area contributed by atoms with Crippen LogP contribution < -0.4 is 5.32 Å². The topological polar surface area (TPSA) is 84.4 Å². The highest BCUT2D eigenvalue weighted by Crippen LogP contribution is 2.28. The van der Waals surface area contributed by atoms with Crippen LogP contribution in [0, 0.1) is 6.92 Å². The lowest BCUT2D eigenvalue weighted by Crippen LogP contribution is -2.41. The molecule has 1 saturated heterocycles. The molecule has 3 heterocycles. The number of furan rings is 1. The molecule has 2 amide bonds. The number of likely N-dealkylation sites (tertiary alicyclic amines) is 1. The molecule has 1 aliphatic rings. The van der Waals surface area contributed by atoms with Gasteiger partial charge in [-0.05, 0) is 44.0 Å². The minimum absolute atomic E-state index is 0.0866. The summed E-state index contributed by atoms with van der Waals surface area (Å²) in [5.74, 6) is 2.52. The van der Waals surface area contributed by atoms with Crippen LogP contribution in [0.25, 0.3) is 11.0 Å². The van der Waals surface area contributed by atoms with Gasteiger partial charge >= 0.3 is 6.03 Å². The van der Waals surface area contributed by atoms with E-state index in [2.05, 4.69) is 15.5 Å². The van der Waals surface area contributed by atoms with Crippen molar-refractivity contribution in [1.82, 2.24) is 15.0 Å². The summed E-state index contributed by atoms with van der Waals surface area (Å²) in [6.45, 7) is 7.29. The summed E-state index contributed by atoms with van der Waals surface area (Å²) in [6, 6.07) is 7.52. The van der Waals surface area contributed by atoms with Gasteiger partial charge in [0.05, 0.1) is 5.92 Å². The zero-order valence-electron chi connectivity index (χ0n) is 15.9. The Morgan fingerprint density at radius 2 is 2.19 bits per heavy atom. The van der Waals surface area contributed by atoms with E-state index in [1.165, 1.54) is 0 Å². The Kier molecular flexibility index (Phi) is 4.59. The second-order valence-electron chi connectivity index (χ2n) is 7.47. The minimum Gasteiger partial charge on any atom is -0.461 e. The largest absolute Gasteiger partial charge is 0.461 e. The minimum atomic E-state index is -0.108. The van der Waals surface area contributed by atoms with Gasteiger partial charge in [-0.2, -0.15) is 4.98 Å². The first-order valence-corrected chi connectivity index (χ1v) is 9.39. The third kappa shape index (κ3) is 3.67. The Bertz CT molecular complexity index is 959. The molecule has 142 valence electrons. The maximum absolute atomic E-state index is 12.7. The SMILES string of the molecule is Cc1cc2cc(NC(=O)N3CCC[C@H](c4nc(C(C)C)no4)C3)ccc2o1. The molecule has 1 aliphatic heterocycles. The standard InChI is InChI=1S/C20H24N4O3/c1-12(2)18-22-19(27-23-18)14-5-4-8-24(11-14)20(25)21-16-6-7-17-15(10-16)9-13(3)26-17/h6-7,9-10,12,14H,4-5,8,11H2,1-3H3,(H,21,25)/t14-/m0/s1. The predicted molar refractivity (Wildman–Crippen MR) is 102 cm³/mol. The number of urea groups is 1. The van der Waals surface area contributed by atoms with E-state index in [1.807, 2.05) is 49.9 Å². The summed E-state index contributed by atoms with van der Waals surface area (Å²) in [5, 5.41) is 8.01. The first-order valence-electron chi connectivity index (χ1n) is 9.39. The fraction of sp³-hybridized carbons (Fsp3) is 0.450. The number of amides is 2. The fourth-order valence-electron chi connectivity index (χ4n) is 3.47. The number of nitrogens with one attached hydrogen (secondary N) is 1. The van der Waals surface area contributed by atoms with E-state index in [4.69, 9.17) is 8.94 Å². The second kappa shape index (κ2) is 7.06. The number of carbonyl (C=O) groups is 1. The van der Waals surface area contributed by atoms with Gasteiger partial charge < -0.3 is 19.2 Å².